The minimum absolute atomic E-state index is 0.612. The number of pyridine rings is 2. The summed E-state index contributed by atoms with van der Waals surface area (Å²) in [6.45, 7) is 3.33. The fraction of sp³-hybridized carbons (Fsp3) is 0.176. The molecular formula is C17H17N3O. The van der Waals surface area contributed by atoms with Crippen LogP contribution in [0.15, 0.2) is 55.0 Å². The maximum absolute atomic E-state index is 5.59. The van der Waals surface area contributed by atoms with E-state index in [9.17, 15) is 0 Å². The zero-order chi connectivity index (χ0) is 14.5. The van der Waals surface area contributed by atoms with E-state index in [1.807, 2.05) is 37.3 Å². The van der Waals surface area contributed by atoms with Gasteiger partial charge < -0.3 is 10.1 Å². The monoisotopic (exact) mass is 279 g/mol. The third kappa shape index (κ3) is 2.94. The Bertz CT molecular complexity index is 728. The van der Waals surface area contributed by atoms with Gasteiger partial charge in [-0.25, -0.2) is 4.98 Å². The van der Waals surface area contributed by atoms with Gasteiger partial charge in [0.05, 0.1) is 6.61 Å². The van der Waals surface area contributed by atoms with Crippen LogP contribution < -0.4 is 10.1 Å². The molecule has 21 heavy (non-hydrogen) atoms. The summed E-state index contributed by atoms with van der Waals surface area (Å²) in [5.74, 6) is 0.683. The average molecular weight is 279 g/mol. The second kappa shape index (κ2) is 6.22. The maximum atomic E-state index is 5.59. The molecule has 0 unspecified atom stereocenters. The van der Waals surface area contributed by atoms with Crippen LogP contribution in [0.3, 0.4) is 0 Å². The van der Waals surface area contributed by atoms with Gasteiger partial charge in [-0.15, -0.1) is 0 Å². The van der Waals surface area contributed by atoms with E-state index in [0.717, 1.165) is 23.0 Å². The van der Waals surface area contributed by atoms with E-state index in [2.05, 4.69) is 21.4 Å². The van der Waals surface area contributed by atoms with Crippen LogP contribution in [0.1, 0.15) is 12.5 Å². The van der Waals surface area contributed by atoms with Crippen molar-refractivity contribution in [3.8, 4) is 5.88 Å². The molecule has 4 nitrogen and oxygen atoms in total. The van der Waals surface area contributed by atoms with Crippen LogP contribution in [0, 0.1) is 0 Å². The Hall–Kier alpha value is -2.62. The van der Waals surface area contributed by atoms with Crippen LogP contribution in [0.4, 0.5) is 5.69 Å². The molecule has 3 aromatic rings. The molecule has 1 N–H and O–H groups in total. The number of anilines is 1. The zero-order valence-corrected chi connectivity index (χ0v) is 11.9. The fourth-order valence-electron chi connectivity index (χ4n) is 2.28. The normalized spacial score (nSPS) is 10.5. The molecule has 0 spiro atoms. The molecule has 3 rings (SSSR count). The summed E-state index contributed by atoms with van der Waals surface area (Å²) in [5, 5.41) is 5.60. The van der Waals surface area contributed by atoms with Gasteiger partial charge in [0.2, 0.25) is 5.88 Å². The molecule has 0 aliphatic carbocycles. The lowest BCUT2D eigenvalue weighted by Crippen LogP contribution is -2.01. The van der Waals surface area contributed by atoms with E-state index in [-0.39, 0.29) is 0 Å². The summed E-state index contributed by atoms with van der Waals surface area (Å²) in [7, 11) is 0. The molecule has 2 heterocycles. The second-order valence-electron chi connectivity index (χ2n) is 4.66. The standard InChI is InChI=1S/C17H17N3O/c1-2-21-17-15-4-3-5-16(14(15)8-11-19-17)20-12-13-6-9-18-10-7-13/h3-11,20H,2,12H2,1H3. The van der Waals surface area contributed by atoms with Gasteiger partial charge in [0, 0.05) is 41.6 Å². The van der Waals surface area contributed by atoms with E-state index in [4.69, 9.17) is 4.74 Å². The van der Waals surface area contributed by atoms with E-state index >= 15 is 0 Å². The van der Waals surface area contributed by atoms with Gasteiger partial charge in [0.25, 0.3) is 0 Å². The number of ether oxygens (including phenoxy) is 1. The lowest BCUT2D eigenvalue weighted by molar-refractivity contribution is 0.331. The van der Waals surface area contributed by atoms with Crippen LogP contribution in [0.5, 0.6) is 5.88 Å². The molecule has 0 saturated heterocycles. The van der Waals surface area contributed by atoms with Crippen molar-refractivity contribution in [3.05, 3.63) is 60.6 Å². The molecule has 106 valence electrons. The second-order valence-corrected chi connectivity index (χ2v) is 4.66. The minimum atomic E-state index is 0.612. The van der Waals surface area contributed by atoms with Gasteiger partial charge in [-0.2, -0.15) is 0 Å². The van der Waals surface area contributed by atoms with Crippen molar-refractivity contribution in [1.29, 1.82) is 0 Å². The van der Waals surface area contributed by atoms with E-state index in [0.29, 0.717) is 12.5 Å². The van der Waals surface area contributed by atoms with Gasteiger partial charge in [-0.3, -0.25) is 4.98 Å². The average Bonchev–Trinajstić information content (AvgIpc) is 2.54. The number of fused-ring (bicyclic) bond motifs is 1. The molecule has 0 saturated carbocycles. The first kappa shape index (κ1) is 13.4. The lowest BCUT2D eigenvalue weighted by atomic mass is 10.1. The highest BCUT2D eigenvalue weighted by Gasteiger charge is 2.06. The van der Waals surface area contributed by atoms with Crippen molar-refractivity contribution in [3.63, 3.8) is 0 Å². The lowest BCUT2D eigenvalue weighted by Gasteiger charge is -2.12. The Balaban J connectivity index is 1.90. The van der Waals surface area contributed by atoms with Crippen molar-refractivity contribution in [2.45, 2.75) is 13.5 Å². The van der Waals surface area contributed by atoms with Gasteiger partial charge in [0.1, 0.15) is 0 Å². The maximum Gasteiger partial charge on any atom is 0.221 e. The number of benzene rings is 1. The molecular weight excluding hydrogens is 262 g/mol. The van der Waals surface area contributed by atoms with Gasteiger partial charge in [-0.05, 0) is 42.8 Å². The number of nitrogens with zero attached hydrogens (tertiary/aromatic N) is 2. The SMILES string of the molecule is CCOc1nccc2c(NCc3ccncc3)cccc12. The van der Waals surface area contributed by atoms with E-state index in [1.54, 1.807) is 18.6 Å². The largest absolute Gasteiger partial charge is 0.478 e. The van der Waals surface area contributed by atoms with E-state index < -0.39 is 0 Å². The highest BCUT2D eigenvalue weighted by molar-refractivity contribution is 5.96. The summed E-state index contributed by atoms with van der Waals surface area (Å²) in [6, 6.07) is 12.1. The number of hydrogen-bond acceptors (Lipinski definition) is 4. The summed E-state index contributed by atoms with van der Waals surface area (Å²) in [6.07, 6.45) is 5.39. The molecule has 4 heteroatoms. The molecule has 0 aliphatic heterocycles. The highest BCUT2D eigenvalue weighted by Crippen LogP contribution is 2.29. The highest BCUT2D eigenvalue weighted by atomic mass is 16.5. The quantitative estimate of drug-likeness (QED) is 0.774. The van der Waals surface area contributed by atoms with Crippen LogP contribution in [0.25, 0.3) is 10.8 Å². The smallest absolute Gasteiger partial charge is 0.221 e. The Labute approximate surface area is 123 Å². The van der Waals surface area contributed by atoms with Crippen LogP contribution in [0.2, 0.25) is 0 Å². The van der Waals surface area contributed by atoms with E-state index in [1.165, 1.54) is 5.56 Å². The summed E-state index contributed by atoms with van der Waals surface area (Å²) in [4.78, 5) is 8.33. The Kier molecular flexibility index (Phi) is 3.96. The predicted octanol–water partition coefficient (Wildman–Crippen LogP) is 3.64. The zero-order valence-electron chi connectivity index (χ0n) is 11.9. The molecule has 1 aromatic carbocycles. The van der Waals surface area contributed by atoms with Crippen molar-refractivity contribution in [2.75, 3.05) is 11.9 Å². The first-order valence-corrected chi connectivity index (χ1v) is 7.02. The third-order valence-electron chi connectivity index (χ3n) is 3.28. The van der Waals surface area contributed by atoms with Crippen molar-refractivity contribution >= 4 is 16.5 Å². The molecule has 0 atom stereocenters. The Morgan fingerprint density at radius 1 is 1.00 bits per heavy atom. The van der Waals surface area contributed by atoms with Crippen molar-refractivity contribution in [2.24, 2.45) is 0 Å². The topological polar surface area (TPSA) is 47.0 Å². The summed E-state index contributed by atoms with van der Waals surface area (Å²) < 4.78 is 5.59. The molecule has 0 fully saturated rings. The number of hydrogen-bond donors (Lipinski definition) is 1. The number of aromatic nitrogens is 2. The minimum Gasteiger partial charge on any atom is -0.478 e. The Morgan fingerprint density at radius 3 is 2.67 bits per heavy atom. The first-order valence-electron chi connectivity index (χ1n) is 7.02. The molecule has 2 aromatic heterocycles. The van der Waals surface area contributed by atoms with Crippen molar-refractivity contribution in [1.82, 2.24) is 9.97 Å². The summed E-state index contributed by atoms with van der Waals surface area (Å²) >= 11 is 0. The van der Waals surface area contributed by atoms with Crippen LogP contribution in [-0.2, 0) is 6.54 Å². The van der Waals surface area contributed by atoms with Gasteiger partial charge in [-0.1, -0.05) is 6.07 Å². The van der Waals surface area contributed by atoms with Crippen LogP contribution >= 0.6 is 0 Å². The summed E-state index contributed by atoms with van der Waals surface area (Å²) in [5.41, 5.74) is 2.27. The predicted molar refractivity (Wildman–Crippen MR) is 84.5 cm³/mol. The number of nitrogens with one attached hydrogen (secondary N) is 1. The van der Waals surface area contributed by atoms with Gasteiger partial charge in [0.15, 0.2) is 0 Å². The fourth-order valence-corrected chi connectivity index (χ4v) is 2.28. The van der Waals surface area contributed by atoms with Crippen LogP contribution in [-0.4, -0.2) is 16.6 Å². The molecule has 0 bridgehead atoms. The number of rotatable bonds is 5. The molecule has 0 aliphatic rings. The third-order valence-corrected chi connectivity index (χ3v) is 3.28. The van der Waals surface area contributed by atoms with Gasteiger partial charge >= 0.3 is 0 Å². The first-order chi connectivity index (χ1) is 10.4. The van der Waals surface area contributed by atoms with Crippen molar-refractivity contribution < 1.29 is 4.74 Å². The Morgan fingerprint density at radius 2 is 1.86 bits per heavy atom. The molecule has 0 amide bonds. The molecule has 0 radical (unpaired) electrons.